The van der Waals surface area contributed by atoms with Gasteiger partial charge >= 0.3 is 0 Å². The maximum Gasteiger partial charge on any atom is 0.125 e. The van der Waals surface area contributed by atoms with E-state index in [0.29, 0.717) is 12.0 Å². The maximum absolute atomic E-state index is 6.17. The molecule has 112 valence electrons. The van der Waals surface area contributed by atoms with Crippen LogP contribution in [0.5, 0.6) is 5.75 Å². The van der Waals surface area contributed by atoms with Crippen molar-refractivity contribution < 1.29 is 4.74 Å². The molecule has 1 aromatic carbocycles. The molecule has 2 N–H and O–H groups in total. The molecule has 2 rings (SSSR count). The summed E-state index contributed by atoms with van der Waals surface area (Å²) in [5, 5.41) is 0. The minimum Gasteiger partial charge on any atom is -0.496 e. The van der Waals surface area contributed by atoms with E-state index in [4.69, 9.17) is 10.5 Å². The zero-order chi connectivity index (χ0) is 14.9. The van der Waals surface area contributed by atoms with E-state index in [1.807, 2.05) is 19.1 Å². The van der Waals surface area contributed by atoms with Crippen molar-refractivity contribution in [2.45, 2.75) is 25.9 Å². The van der Waals surface area contributed by atoms with E-state index in [0.717, 1.165) is 24.4 Å². The number of likely N-dealkylation sites (N-methyl/N-ethyl adjacent to an activating group) is 1. The van der Waals surface area contributed by atoms with Gasteiger partial charge in [-0.1, -0.05) is 13.0 Å². The molecule has 1 aromatic rings. The molecular weight excluding hydrogens is 250 g/mol. The van der Waals surface area contributed by atoms with Gasteiger partial charge in [0.15, 0.2) is 0 Å². The number of hydrogen-bond acceptors (Lipinski definition) is 4. The first-order valence-corrected chi connectivity index (χ1v) is 7.29. The lowest BCUT2D eigenvalue weighted by atomic mass is 10.0. The van der Waals surface area contributed by atoms with Crippen molar-refractivity contribution in [3.63, 3.8) is 0 Å². The van der Waals surface area contributed by atoms with Crippen molar-refractivity contribution in [2.75, 3.05) is 39.2 Å². The second-order valence-electron chi connectivity index (χ2n) is 6.09. The molecule has 0 bridgehead atoms. The largest absolute Gasteiger partial charge is 0.496 e. The van der Waals surface area contributed by atoms with Crippen molar-refractivity contribution >= 4 is 5.69 Å². The number of nitrogens with two attached hydrogens (primary N) is 1. The average Bonchev–Trinajstić information content (AvgIpc) is 2.79. The molecule has 1 aliphatic rings. The molecule has 0 radical (unpaired) electrons. The molecule has 1 aliphatic heterocycles. The van der Waals surface area contributed by atoms with Crippen LogP contribution in [0.3, 0.4) is 0 Å². The fourth-order valence-electron chi connectivity index (χ4n) is 3.26. The van der Waals surface area contributed by atoms with Crippen LogP contribution in [0, 0.1) is 5.92 Å². The summed E-state index contributed by atoms with van der Waals surface area (Å²) >= 11 is 0. The number of methoxy groups -OCH3 is 1. The van der Waals surface area contributed by atoms with Crippen LogP contribution in [0.1, 0.15) is 25.5 Å². The summed E-state index contributed by atoms with van der Waals surface area (Å²) in [5.74, 6) is 1.54. The van der Waals surface area contributed by atoms with Crippen LogP contribution in [0.25, 0.3) is 0 Å². The van der Waals surface area contributed by atoms with Crippen LogP contribution in [-0.2, 0) is 0 Å². The predicted molar refractivity (Wildman–Crippen MR) is 84.4 cm³/mol. The number of anilines is 1. The quantitative estimate of drug-likeness (QED) is 0.915. The van der Waals surface area contributed by atoms with Gasteiger partial charge in [-0.2, -0.15) is 0 Å². The summed E-state index contributed by atoms with van der Waals surface area (Å²) < 4.78 is 5.49. The van der Waals surface area contributed by atoms with Gasteiger partial charge < -0.3 is 20.3 Å². The van der Waals surface area contributed by atoms with E-state index in [1.54, 1.807) is 7.11 Å². The Labute approximate surface area is 122 Å². The van der Waals surface area contributed by atoms with E-state index in [9.17, 15) is 0 Å². The first kappa shape index (κ1) is 15.1. The summed E-state index contributed by atoms with van der Waals surface area (Å²) in [6.45, 7) is 6.44. The lowest BCUT2D eigenvalue weighted by Crippen LogP contribution is -2.34. The normalized spacial score (nSPS) is 24.2. The number of ether oxygens (including phenoxy) is 1. The number of rotatable bonds is 4. The number of benzene rings is 1. The minimum absolute atomic E-state index is 0.0325. The fraction of sp³-hybridized carbons (Fsp3) is 0.625. The molecule has 0 aromatic heterocycles. The maximum atomic E-state index is 6.17. The third kappa shape index (κ3) is 2.76. The first-order chi connectivity index (χ1) is 9.45. The molecule has 0 aliphatic carbocycles. The average molecular weight is 277 g/mol. The lowest BCUT2D eigenvalue weighted by Gasteiger charge is -2.26. The molecular formula is C16H27N3O. The van der Waals surface area contributed by atoms with Crippen LogP contribution >= 0.6 is 0 Å². The van der Waals surface area contributed by atoms with Gasteiger partial charge in [0, 0.05) is 36.4 Å². The fourth-order valence-corrected chi connectivity index (χ4v) is 3.26. The van der Waals surface area contributed by atoms with Gasteiger partial charge in [0.1, 0.15) is 5.75 Å². The van der Waals surface area contributed by atoms with Gasteiger partial charge in [-0.05, 0) is 39.1 Å². The van der Waals surface area contributed by atoms with Crippen molar-refractivity contribution in [1.29, 1.82) is 0 Å². The molecule has 20 heavy (non-hydrogen) atoms. The van der Waals surface area contributed by atoms with Crippen LogP contribution in [0.2, 0.25) is 0 Å². The highest BCUT2D eigenvalue weighted by atomic mass is 16.5. The van der Waals surface area contributed by atoms with E-state index in [1.165, 1.54) is 5.69 Å². The van der Waals surface area contributed by atoms with Crippen LogP contribution in [0.4, 0.5) is 5.69 Å². The molecule has 3 unspecified atom stereocenters. The Kier molecular flexibility index (Phi) is 4.55. The van der Waals surface area contributed by atoms with Crippen molar-refractivity contribution in [3.05, 3.63) is 23.8 Å². The lowest BCUT2D eigenvalue weighted by molar-refractivity contribution is 0.266. The zero-order valence-electron chi connectivity index (χ0n) is 13.3. The Morgan fingerprint density at radius 1 is 1.35 bits per heavy atom. The van der Waals surface area contributed by atoms with Gasteiger partial charge in [0.05, 0.1) is 7.11 Å². The highest BCUT2D eigenvalue weighted by Crippen LogP contribution is 2.36. The second kappa shape index (κ2) is 6.02. The summed E-state index contributed by atoms with van der Waals surface area (Å²) in [6, 6.07) is 6.75. The topological polar surface area (TPSA) is 41.7 Å². The second-order valence-corrected chi connectivity index (χ2v) is 6.09. The smallest absolute Gasteiger partial charge is 0.125 e. The third-order valence-corrected chi connectivity index (χ3v) is 4.30. The molecule has 0 spiro atoms. The monoisotopic (exact) mass is 277 g/mol. The van der Waals surface area contributed by atoms with Crippen LogP contribution in [-0.4, -0.2) is 45.2 Å². The Morgan fingerprint density at radius 2 is 2.05 bits per heavy atom. The SMILES string of the molecule is COc1cccc(N2CC(C)C(N(C)C)C2)c1C(C)N. The van der Waals surface area contributed by atoms with Crippen molar-refractivity contribution in [1.82, 2.24) is 4.90 Å². The molecule has 4 nitrogen and oxygen atoms in total. The summed E-state index contributed by atoms with van der Waals surface area (Å²) in [7, 11) is 6.02. The highest BCUT2D eigenvalue weighted by molar-refractivity contribution is 5.61. The summed E-state index contributed by atoms with van der Waals surface area (Å²) in [6.07, 6.45) is 0. The van der Waals surface area contributed by atoms with E-state index in [2.05, 4.69) is 36.9 Å². The van der Waals surface area contributed by atoms with Gasteiger partial charge in [0.2, 0.25) is 0 Å². The molecule has 0 saturated carbocycles. The molecule has 4 heteroatoms. The molecule has 1 heterocycles. The van der Waals surface area contributed by atoms with E-state index in [-0.39, 0.29) is 6.04 Å². The molecule has 0 amide bonds. The van der Waals surface area contributed by atoms with Gasteiger partial charge in [0.25, 0.3) is 0 Å². The molecule has 1 fully saturated rings. The van der Waals surface area contributed by atoms with Crippen molar-refractivity contribution in [2.24, 2.45) is 11.7 Å². The Balaban J connectivity index is 2.34. The van der Waals surface area contributed by atoms with Crippen LogP contribution < -0.4 is 15.4 Å². The summed E-state index contributed by atoms with van der Waals surface area (Å²) in [4.78, 5) is 4.76. The van der Waals surface area contributed by atoms with E-state index >= 15 is 0 Å². The first-order valence-electron chi connectivity index (χ1n) is 7.29. The Morgan fingerprint density at radius 3 is 2.55 bits per heavy atom. The number of nitrogens with zero attached hydrogens (tertiary/aromatic N) is 2. The molecule has 3 atom stereocenters. The van der Waals surface area contributed by atoms with Gasteiger partial charge in [-0.25, -0.2) is 0 Å². The Hall–Kier alpha value is -1.26. The highest BCUT2D eigenvalue weighted by Gasteiger charge is 2.32. The summed E-state index contributed by atoms with van der Waals surface area (Å²) in [5.41, 5.74) is 8.50. The predicted octanol–water partition coefficient (Wildman–Crippen LogP) is 2.10. The zero-order valence-corrected chi connectivity index (χ0v) is 13.3. The van der Waals surface area contributed by atoms with Crippen LogP contribution in [0.15, 0.2) is 18.2 Å². The van der Waals surface area contributed by atoms with E-state index < -0.39 is 0 Å². The molecule has 1 saturated heterocycles. The Bertz CT molecular complexity index is 459. The standard InChI is InChI=1S/C16H27N3O/c1-11-9-19(10-14(11)18(3)4)13-7-6-8-15(20-5)16(13)12(2)17/h6-8,11-12,14H,9-10,17H2,1-5H3. The van der Waals surface area contributed by atoms with Gasteiger partial charge in [-0.15, -0.1) is 0 Å². The van der Waals surface area contributed by atoms with Gasteiger partial charge in [-0.3, -0.25) is 0 Å². The third-order valence-electron chi connectivity index (χ3n) is 4.30. The number of hydrogen-bond donors (Lipinski definition) is 1. The van der Waals surface area contributed by atoms with Crippen molar-refractivity contribution in [3.8, 4) is 5.75 Å². The minimum atomic E-state index is -0.0325.